The molecule has 0 amide bonds. The Morgan fingerprint density at radius 3 is 0.318 bits per heavy atom. The number of rotatable bonds is 0. The molecule has 0 radical (unpaired) electrons. The van der Waals surface area contributed by atoms with Crippen molar-refractivity contribution in [1.82, 2.24) is 0 Å². The minimum Gasteiger partial charge on any atom is -0.0561 e. The number of benzene rings is 13. The van der Waals surface area contributed by atoms with Crippen LogP contribution in [0.25, 0.3) is 129 Å². The van der Waals surface area contributed by atoms with Gasteiger partial charge in [0.25, 0.3) is 0 Å². The van der Waals surface area contributed by atoms with Crippen molar-refractivity contribution < 1.29 is 0 Å². The normalized spacial score (nSPS) is 14.8. The van der Waals surface area contributed by atoms with Gasteiger partial charge in [0.05, 0.1) is 0 Å². The molecular weight excluding hydrogens is 793 g/mol. The second-order valence-electron chi connectivity index (χ2n) is 27.4. The summed E-state index contributed by atoms with van der Waals surface area (Å²) in [6, 6.07) is 31.4. The van der Waals surface area contributed by atoms with Gasteiger partial charge in [0.15, 0.2) is 0 Å². The highest BCUT2D eigenvalue weighted by atomic mass is 14.4. The van der Waals surface area contributed by atoms with Crippen LogP contribution in [0.2, 0.25) is 0 Å². The predicted octanol–water partition coefficient (Wildman–Crippen LogP) is 19.9. The van der Waals surface area contributed by atoms with Crippen molar-refractivity contribution in [3.63, 3.8) is 0 Å². The molecule has 330 valence electrons. The lowest BCUT2D eigenvalue weighted by Gasteiger charge is -2.33. The third kappa shape index (κ3) is 4.92. The molecule has 0 heterocycles. The van der Waals surface area contributed by atoms with Gasteiger partial charge in [0.1, 0.15) is 0 Å². The average Bonchev–Trinajstić information content (AvgIpc) is 3.21. The van der Waals surface area contributed by atoms with Gasteiger partial charge in [-0.25, -0.2) is 0 Å². The van der Waals surface area contributed by atoms with E-state index < -0.39 is 0 Å². The molecule has 0 aliphatic rings. The zero-order chi connectivity index (χ0) is 46.8. The fourth-order valence-corrected chi connectivity index (χ4v) is 12.9. The minimum atomic E-state index is -0.0461. The van der Waals surface area contributed by atoms with E-state index in [2.05, 4.69) is 197 Å². The zero-order valence-electron chi connectivity index (χ0n) is 42.9. The van der Waals surface area contributed by atoms with Crippen molar-refractivity contribution in [3.05, 3.63) is 106 Å². The maximum atomic E-state index is 2.62. The summed E-state index contributed by atoms with van der Waals surface area (Å²) in [5, 5.41) is 34.6. The van der Waals surface area contributed by atoms with E-state index in [1.54, 1.807) is 0 Å². The first kappa shape index (κ1) is 40.8. The molecule has 0 saturated heterocycles. The molecule has 0 heteroatoms. The molecule has 0 aliphatic heterocycles. The second kappa shape index (κ2) is 11.6. The van der Waals surface area contributed by atoms with Gasteiger partial charge in [-0.1, -0.05) is 125 Å². The number of fused-ring (bicyclic) bond motifs is 6. The first-order valence-corrected chi connectivity index (χ1v) is 24.9. The lowest BCUT2D eigenvalue weighted by molar-refractivity contribution is 0.590. The topological polar surface area (TPSA) is 0 Å². The molecule has 0 spiro atoms. The first-order valence-electron chi connectivity index (χ1n) is 24.9. The highest BCUT2D eigenvalue weighted by Crippen LogP contribution is 2.62. The van der Waals surface area contributed by atoms with Crippen LogP contribution in [0.15, 0.2) is 72.8 Å². The van der Waals surface area contributed by atoms with Crippen molar-refractivity contribution in [2.24, 2.45) is 0 Å². The van der Waals surface area contributed by atoms with Crippen LogP contribution < -0.4 is 0 Å². The molecule has 13 aromatic carbocycles. The summed E-state index contributed by atoms with van der Waals surface area (Å²) in [6.07, 6.45) is 0. The molecule has 0 N–H and O–H groups in total. The van der Waals surface area contributed by atoms with Crippen LogP contribution in [-0.4, -0.2) is 0 Å². The standard InChI is InChI=1S/C66H66/c1-61(2,3)31-19-37-39-21-32(62(4,5)6)23-41-43-25-34(64(10,11)12)27-45-47-29-36(66(16,17)18)30-48-46-28-35(65(13,14)15)26-44-42-24-33(63(7,8)9)22-40-38(20-31)49(37)55-56(50(39)41)58(52(43)45)60(54(47)48)59(53(44)46)57(55)51(40)42/h19-30H,1-18H3. The van der Waals surface area contributed by atoms with Crippen molar-refractivity contribution in [2.45, 2.75) is 157 Å². The average molecular weight is 859 g/mol. The van der Waals surface area contributed by atoms with Gasteiger partial charge in [-0.15, -0.1) is 0 Å². The monoisotopic (exact) mass is 859 g/mol. The van der Waals surface area contributed by atoms with Gasteiger partial charge in [-0.3, -0.25) is 0 Å². The Hall–Kier alpha value is -5.46. The Kier molecular flexibility index (Phi) is 7.18. The molecule has 0 saturated carbocycles. The Labute approximate surface area is 390 Å². The van der Waals surface area contributed by atoms with E-state index in [0.29, 0.717) is 0 Å². The number of hydrogen-bond donors (Lipinski definition) is 0. The van der Waals surface area contributed by atoms with E-state index in [0.717, 1.165) is 0 Å². The summed E-state index contributed by atoms with van der Waals surface area (Å²) in [5.74, 6) is 0. The SMILES string of the molecule is CC(C)(C)c1cc2c3cc(C(C)(C)C)cc4c5cc(C(C)(C)C)cc6c7cc(C(C)(C)C)cc8c9cc(C(C)(C)C)cc%10c%11cc(C(C)(C)C)cc%12c(c1)c2c1c(c34)c(c56)c(c78)c(c%109)c1c%12%11. The van der Waals surface area contributed by atoms with E-state index in [4.69, 9.17) is 0 Å². The minimum absolute atomic E-state index is 0.0461. The van der Waals surface area contributed by atoms with Crippen LogP contribution in [0.3, 0.4) is 0 Å². The molecule has 0 aliphatic carbocycles. The van der Waals surface area contributed by atoms with E-state index in [1.165, 1.54) is 163 Å². The summed E-state index contributed by atoms with van der Waals surface area (Å²) in [7, 11) is 0. The summed E-state index contributed by atoms with van der Waals surface area (Å²) in [4.78, 5) is 0. The second-order valence-corrected chi connectivity index (χ2v) is 27.4. The molecular formula is C66H66. The Morgan fingerprint density at radius 2 is 0.242 bits per heavy atom. The van der Waals surface area contributed by atoms with Crippen LogP contribution >= 0.6 is 0 Å². The molecule has 13 aromatic rings. The lowest BCUT2D eigenvalue weighted by Crippen LogP contribution is -2.14. The quantitative estimate of drug-likeness (QED) is 0.105. The van der Waals surface area contributed by atoms with Crippen molar-refractivity contribution in [3.8, 4) is 0 Å². The van der Waals surface area contributed by atoms with Crippen LogP contribution in [-0.2, 0) is 32.5 Å². The molecule has 0 unspecified atom stereocenters. The predicted molar refractivity (Wildman–Crippen MR) is 296 cm³/mol. The van der Waals surface area contributed by atoms with Gasteiger partial charge >= 0.3 is 0 Å². The van der Waals surface area contributed by atoms with Crippen LogP contribution in [0.1, 0.15) is 158 Å². The van der Waals surface area contributed by atoms with E-state index >= 15 is 0 Å². The van der Waals surface area contributed by atoms with E-state index in [1.807, 2.05) is 0 Å². The molecule has 0 bridgehead atoms. The third-order valence-electron chi connectivity index (χ3n) is 16.8. The van der Waals surface area contributed by atoms with Gasteiger partial charge in [0.2, 0.25) is 0 Å². The highest BCUT2D eigenvalue weighted by molar-refractivity contribution is 6.61. The van der Waals surface area contributed by atoms with Crippen LogP contribution in [0.5, 0.6) is 0 Å². The molecule has 13 rings (SSSR count). The first-order chi connectivity index (χ1) is 30.5. The molecule has 66 heavy (non-hydrogen) atoms. The summed E-state index contributed by atoms with van der Waals surface area (Å²) in [5.41, 5.74) is 8.15. The van der Waals surface area contributed by atoms with Crippen molar-refractivity contribution in [2.75, 3.05) is 0 Å². The molecule has 0 fully saturated rings. The van der Waals surface area contributed by atoms with Crippen LogP contribution in [0.4, 0.5) is 0 Å². The van der Waals surface area contributed by atoms with Gasteiger partial charge in [0, 0.05) is 0 Å². The fourth-order valence-electron chi connectivity index (χ4n) is 12.9. The van der Waals surface area contributed by atoms with Crippen molar-refractivity contribution >= 4 is 129 Å². The third-order valence-corrected chi connectivity index (χ3v) is 16.8. The fraction of sp³-hybridized carbons (Fsp3) is 0.364. The maximum Gasteiger partial charge on any atom is -0.0000472 e. The zero-order valence-corrected chi connectivity index (χ0v) is 42.9. The summed E-state index contributed by atoms with van der Waals surface area (Å²) in [6.45, 7) is 43.4. The van der Waals surface area contributed by atoms with E-state index in [-0.39, 0.29) is 32.5 Å². The highest BCUT2D eigenvalue weighted by Gasteiger charge is 2.35. The largest absolute Gasteiger partial charge is 0.0561 e. The number of hydrogen-bond acceptors (Lipinski definition) is 0. The Bertz CT molecular complexity index is 3310. The van der Waals surface area contributed by atoms with Gasteiger partial charge < -0.3 is 0 Å². The van der Waals surface area contributed by atoms with Crippen LogP contribution in [0, 0.1) is 0 Å². The molecule has 0 aromatic heterocycles. The Balaban J connectivity index is 1.51. The summed E-state index contributed by atoms with van der Waals surface area (Å²) < 4.78 is 0. The van der Waals surface area contributed by atoms with Gasteiger partial charge in [-0.2, -0.15) is 0 Å². The smallest absolute Gasteiger partial charge is 0.0000472 e. The van der Waals surface area contributed by atoms with Crippen molar-refractivity contribution in [1.29, 1.82) is 0 Å². The summed E-state index contributed by atoms with van der Waals surface area (Å²) >= 11 is 0. The van der Waals surface area contributed by atoms with Gasteiger partial charge in [-0.05, 0) is 268 Å². The molecule has 0 nitrogen and oxygen atoms in total. The lowest BCUT2D eigenvalue weighted by atomic mass is 9.70. The van der Waals surface area contributed by atoms with E-state index in [9.17, 15) is 0 Å². The maximum absolute atomic E-state index is 2.62. The molecule has 0 atom stereocenters. The Morgan fingerprint density at radius 1 is 0.152 bits per heavy atom.